The third kappa shape index (κ3) is 4.76. The van der Waals surface area contributed by atoms with E-state index in [2.05, 4.69) is 10.6 Å². The Labute approximate surface area is 118 Å². The number of nitrogens with one attached hydrogen (secondary N) is 2. The first kappa shape index (κ1) is 14.2. The summed E-state index contributed by atoms with van der Waals surface area (Å²) in [7, 11) is 0. The molecule has 2 rings (SSSR count). The first-order valence-electron chi connectivity index (χ1n) is 6.59. The van der Waals surface area contributed by atoms with E-state index in [9.17, 15) is 4.79 Å². The molecule has 1 aromatic rings. The summed E-state index contributed by atoms with van der Waals surface area (Å²) in [4.78, 5) is 11.7. The van der Waals surface area contributed by atoms with E-state index in [1.807, 2.05) is 31.2 Å². The minimum absolute atomic E-state index is 0.0569. The number of carbonyl (C=O) groups is 1. The van der Waals surface area contributed by atoms with Crippen molar-refractivity contribution < 1.29 is 9.53 Å². The van der Waals surface area contributed by atoms with Crippen molar-refractivity contribution in [1.29, 1.82) is 0 Å². The highest BCUT2D eigenvalue weighted by atomic mass is 32.2. The molecule has 0 radical (unpaired) electrons. The van der Waals surface area contributed by atoms with Crippen molar-refractivity contribution in [3.63, 3.8) is 0 Å². The molecule has 19 heavy (non-hydrogen) atoms. The number of benzene rings is 1. The van der Waals surface area contributed by atoms with Crippen molar-refractivity contribution in [3.8, 4) is 5.75 Å². The maximum Gasteiger partial charge on any atom is 0.234 e. The molecule has 0 atom stereocenters. The molecule has 0 unspecified atom stereocenters. The molecule has 104 valence electrons. The SMILES string of the molecule is CCOc1ccc(NC(=O)CSCC2CNC2)cc1. The van der Waals surface area contributed by atoms with Crippen molar-refractivity contribution in [1.82, 2.24) is 5.32 Å². The molecular formula is C14H20N2O2S. The number of ether oxygens (including phenoxy) is 1. The lowest BCUT2D eigenvalue weighted by atomic mass is 10.1. The van der Waals surface area contributed by atoms with Crippen LogP contribution in [0.25, 0.3) is 0 Å². The van der Waals surface area contributed by atoms with Gasteiger partial charge in [0.1, 0.15) is 5.75 Å². The number of rotatable bonds is 7. The van der Waals surface area contributed by atoms with Gasteiger partial charge in [-0.25, -0.2) is 0 Å². The second-order valence-corrected chi connectivity index (χ2v) is 5.58. The monoisotopic (exact) mass is 280 g/mol. The van der Waals surface area contributed by atoms with E-state index < -0.39 is 0 Å². The van der Waals surface area contributed by atoms with E-state index in [1.54, 1.807) is 11.8 Å². The number of amides is 1. The van der Waals surface area contributed by atoms with Gasteiger partial charge in [-0.15, -0.1) is 0 Å². The molecule has 0 aliphatic carbocycles. The molecule has 1 aliphatic rings. The predicted octanol–water partition coefficient (Wildman–Crippen LogP) is 1.98. The van der Waals surface area contributed by atoms with E-state index >= 15 is 0 Å². The van der Waals surface area contributed by atoms with E-state index in [0.717, 1.165) is 36.2 Å². The third-order valence-corrected chi connectivity index (χ3v) is 4.08. The van der Waals surface area contributed by atoms with Gasteiger partial charge in [0.15, 0.2) is 0 Å². The van der Waals surface area contributed by atoms with Crippen LogP contribution in [0.1, 0.15) is 6.92 Å². The topological polar surface area (TPSA) is 50.4 Å². The Morgan fingerprint density at radius 1 is 1.42 bits per heavy atom. The molecule has 0 aromatic heterocycles. The maximum atomic E-state index is 11.7. The van der Waals surface area contributed by atoms with Gasteiger partial charge in [-0.05, 0) is 55.9 Å². The Kier molecular flexibility index (Phi) is 5.54. The second kappa shape index (κ2) is 7.40. The molecule has 1 aliphatic heterocycles. The van der Waals surface area contributed by atoms with Gasteiger partial charge in [0.25, 0.3) is 0 Å². The molecule has 0 spiro atoms. The zero-order valence-corrected chi connectivity index (χ0v) is 12.0. The number of thioether (sulfide) groups is 1. The van der Waals surface area contributed by atoms with Crippen LogP contribution in [-0.2, 0) is 4.79 Å². The third-order valence-electron chi connectivity index (χ3n) is 2.90. The number of hydrogen-bond donors (Lipinski definition) is 2. The average Bonchev–Trinajstić information content (AvgIpc) is 2.35. The lowest BCUT2D eigenvalue weighted by molar-refractivity contribution is -0.113. The summed E-state index contributed by atoms with van der Waals surface area (Å²) in [6.45, 7) is 4.78. The van der Waals surface area contributed by atoms with Gasteiger partial charge in [0.2, 0.25) is 5.91 Å². The van der Waals surface area contributed by atoms with E-state index in [-0.39, 0.29) is 5.91 Å². The van der Waals surface area contributed by atoms with Crippen LogP contribution in [0.4, 0.5) is 5.69 Å². The fraction of sp³-hybridized carbons (Fsp3) is 0.500. The summed E-state index contributed by atoms with van der Waals surface area (Å²) in [5.74, 6) is 3.20. The van der Waals surface area contributed by atoms with Gasteiger partial charge in [0, 0.05) is 5.69 Å². The van der Waals surface area contributed by atoms with Crippen LogP contribution in [0.15, 0.2) is 24.3 Å². The van der Waals surface area contributed by atoms with Crippen LogP contribution in [0, 0.1) is 5.92 Å². The quantitative estimate of drug-likeness (QED) is 0.802. The highest BCUT2D eigenvalue weighted by Crippen LogP contribution is 2.16. The Hall–Kier alpha value is -1.20. The summed E-state index contributed by atoms with van der Waals surface area (Å²) in [6.07, 6.45) is 0. The molecule has 0 saturated carbocycles. The number of hydrogen-bond acceptors (Lipinski definition) is 4. The van der Waals surface area contributed by atoms with Crippen LogP contribution in [0.2, 0.25) is 0 Å². The summed E-state index contributed by atoms with van der Waals surface area (Å²) in [5, 5.41) is 6.12. The zero-order chi connectivity index (χ0) is 13.5. The van der Waals surface area contributed by atoms with Gasteiger partial charge in [-0.3, -0.25) is 4.79 Å². The first-order valence-corrected chi connectivity index (χ1v) is 7.74. The summed E-state index contributed by atoms with van der Waals surface area (Å²) < 4.78 is 5.35. The van der Waals surface area contributed by atoms with Crippen molar-refractivity contribution in [2.45, 2.75) is 6.92 Å². The molecule has 2 N–H and O–H groups in total. The highest BCUT2D eigenvalue weighted by Gasteiger charge is 2.16. The van der Waals surface area contributed by atoms with Crippen LogP contribution in [0.3, 0.4) is 0 Å². The van der Waals surface area contributed by atoms with Gasteiger partial charge >= 0.3 is 0 Å². The summed E-state index contributed by atoms with van der Waals surface area (Å²) in [5.41, 5.74) is 0.819. The largest absolute Gasteiger partial charge is 0.494 e. The molecule has 4 nitrogen and oxygen atoms in total. The summed E-state index contributed by atoms with van der Waals surface area (Å²) >= 11 is 1.70. The smallest absolute Gasteiger partial charge is 0.234 e. The van der Waals surface area contributed by atoms with Gasteiger partial charge in [-0.2, -0.15) is 11.8 Å². The minimum atomic E-state index is 0.0569. The van der Waals surface area contributed by atoms with Gasteiger partial charge in [-0.1, -0.05) is 0 Å². The van der Waals surface area contributed by atoms with Crippen LogP contribution in [-0.4, -0.2) is 37.1 Å². The summed E-state index contributed by atoms with van der Waals surface area (Å²) in [6, 6.07) is 7.46. The molecule has 0 bridgehead atoms. The average molecular weight is 280 g/mol. The first-order chi connectivity index (χ1) is 9.28. The van der Waals surface area contributed by atoms with Crippen LogP contribution >= 0.6 is 11.8 Å². The van der Waals surface area contributed by atoms with Crippen LogP contribution < -0.4 is 15.4 Å². The molecular weight excluding hydrogens is 260 g/mol. The Balaban J connectivity index is 1.68. The zero-order valence-electron chi connectivity index (χ0n) is 11.1. The van der Waals surface area contributed by atoms with Crippen molar-refractivity contribution in [2.75, 3.05) is 36.5 Å². The van der Waals surface area contributed by atoms with Crippen molar-refractivity contribution >= 4 is 23.4 Å². The number of anilines is 1. The van der Waals surface area contributed by atoms with E-state index in [1.165, 1.54) is 0 Å². The number of carbonyl (C=O) groups excluding carboxylic acids is 1. The molecule has 1 amide bonds. The Morgan fingerprint density at radius 2 is 2.16 bits per heavy atom. The van der Waals surface area contributed by atoms with Crippen LogP contribution in [0.5, 0.6) is 5.75 Å². The minimum Gasteiger partial charge on any atom is -0.494 e. The predicted molar refractivity (Wildman–Crippen MR) is 79.9 cm³/mol. The maximum absolute atomic E-state index is 11.7. The fourth-order valence-corrected chi connectivity index (χ4v) is 2.73. The van der Waals surface area contributed by atoms with E-state index in [4.69, 9.17) is 4.74 Å². The Bertz CT molecular complexity index is 404. The fourth-order valence-electron chi connectivity index (χ4n) is 1.78. The molecule has 5 heteroatoms. The molecule has 1 aromatic carbocycles. The van der Waals surface area contributed by atoms with Crippen molar-refractivity contribution in [2.24, 2.45) is 5.92 Å². The Morgan fingerprint density at radius 3 is 2.74 bits per heavy atom. The highest BCUT2D eigenvalue weighted by molar-refractivity contribution is 7.99. The molecule has 1 saturated heterocycles. The van der Waals surface area contributed by atoms with E-state index in [0.29, 0.717) is 12.4 Å². The lowest BCUT2D eigenvalue weighted by Crippen LogP contribution is -2.43. The lowest BCUT2D eigenvalue weighted by Gasteiger charge is -2.26. The van der Waals surface area contributed by atoms with Gasteiger partial charge in [0.05, 0.1) is 12.4 Å². The van der Waals surface area contributed by atoms with Crippen molar-refractivity contribution in [3.05, 3.63) is 24.3 Å². The molecule has 1 heterocycles. The van der Waals surface area contributed by atoms with Gasteiger partial charge < -0.3 is 15.4 Å². The molecule has 1 fully saturated rings. The second-order valence-electron chi connectivity index (χ2n) is 4.54. The standard InChI is InChI=1S/C14H20N2O2S/c1-2-18-13-5-3-12(4-6-13)16-14(17)10-19-9-11-7-15-8-11/h3-6,11,15H,2,7-10H2,1H3,(H,16,17). The normalized spacial score (nSPS) is 14.8.